The number of nitrogens with zero attached hydrogens (tertiary/aromatic N) is 1. The Bertz CT molecular complexity index is 991. The fourth-order valence-electron chi connectivity index (χ4n) is 3.46. The maximum absolute atomic E-state index is 12.5. The van der Waals surface area contributed by atoms with Gasteiger partial charge < -0.3 is 25.2 Å². The van der Waals surface area contributed by atoms with Crippen molar-refractivity contribution in [2.75, 3.05) is 13.7 Å². The summed E-state index contributed by atoms with van der Waals surface area (Å²) in [6.45, 7) is 12.5. The Kier molecular flexibility index (Phi) is 8.95. The van der Waals surface area contributed by atoms with Gasteiger partial charge in [0.25, 0.3) is 0 Å². The number of rotatable bonds is 8. The predicted molar refractivity (Wildman–Crippen MR) is 140 cm³/mol. The molecule has 1 atom stereocenters. The molecule has 0 aliphatic rings. The molecule has 1 unspecified atom stereocenters. The highest BCUT2D eigenvalue weighted by Crippen LogP contribution is 2.28. The fraction of sp³-hybridized carbons (Fsp3) is 0.481. The van der Waals surface area contributed by atoms with Gasteiger partial charge in [0.1, 0.15) is 6.61 Å². The fourth-order valence-corrected chi connectivity index (χ4v) is 3.68. The number of phenols is 1. The Morgan fingerprint density at radius 3 is 2.15 bits per heavy atom. The second-order valence-electron chi connectivity index (χ2n) is 10.6. The van der Waals surface area contributed by atoms with Gasteiger partial charge in [-0.25, -0.2) is 0 Å². The van der Waals surface area contributed by atoms with Gasteiger partial charge in [-0.1, -0.05) is 51.1 Å². The third-order valence-electron chi connectivity index (χ3n) is 5.63. The van der Waals surface area contributed by atoms with Gasteiger partial charge in [0.15, 0.2) is 16.6 Å². The van der Waals surface area contributed by atoms with E-state index in [1.54, 1.807) is 18.2 Å². The highest BCUT2D eigenvalue weighted by atomic mass is 32.1. The normalized spacial score (nSPS) is 12.7. The van der Waals surface area contributed by atoms with Crippen LogP contribution in [-0.4, -0.2) is 40.8 Å². The molecule has 0 amide bonds. The maximum atomic E-state index is 12.5. The summed E-state index contributed by atoms with van der Waals surface area (Å²) in [7, 11) is 1.50. The Balaban J connectivity index is 2.34. The van der Waals surface area contributed by atoms with Crippen molar-refractivity contribution in [2.24, 2.45) is 11.1 Å². The summed E-state index contributed by atoms with van der Waals surface area (Å²) in [6.07, 6.45) is 0.592. The van der Waals surface area contributed by atoms with Crippen LogP contribution >= 0.6 is 12.2 Å². The molecule has 0 aliphatic carbocycles. The largest absolute Gasteiger partial charge is 0.504 e. The third-order valence-corrected chi connectivity index (χ3v) is 5.87. The van der Waals surface area contributed by atoms with Crippen molar-refractivity contribution in [3.05, 3.63) is 59.2 Å². The van der Waals surface area contributed by atoms with Crippen LogP contribution in [0.1, 0.15) is 58.2 Å². The van der Waals surface area contributed by atoms with Crippen LogP contribution in [0.2, 0.25) is 0 Å². The van der Waals surface area contributed by atoms with Gasteiger partial charge in [-0.15, -0.1) is 0 Å². The molecule has 3 N–H and O–H groups in total. The van der Waals surface area contributed by atoms with Crippen LogP contribution in [0, 0.1) is 5.41 Å². The molecular formula is C27H38N2O4S. The molecule has 0 bridgehead atoms. The molecular weight excluding hydrogens is 448 g/mol. The second-order valence-corrected chi connectivity index (χ2v) is 11.0. The lowest BCUT2D eigenvalue weighted by Crippen LogP contribution is -2.47. The zero-order chi connectivity index (χ0) is 25.7. The van der Waals surface area contributed by atoms with Gasteiger partial charge in [0.2, 0.25) is 0 Å². The standard InChI is InChI=1S/C27H38N2O4S/c1-26(2,3)20-11-8-18(9-12-20)14-21(17-33-24(31)27(4,5)6)29(25(28)34)16-19-10-13-22(30)23(15-19)32-7/h8-13,15,21,30H,14,16-17H2,1-7H3,(H2,28,34). The quantitative estimate of drug-likeness (QED) is 0.404. The van der Waals surface area contributed by atoms with Gasteiger partial charge in [-0.3, -0.25) is 4.79 Å². The van der Waals surface area contributed by atoms with E-state index in [9.17, 15) is 9.90 Å². The van der Waals surface area contributed by atoms with Gasteiger partial charge in [0, 0.05) is 6.54 Å². The number of phenolic OH excluding ortho intramolecular Hbond substituents is 1. The van der Waals surface area contributed by atoms with E-state index in [-0.39, 0.29) is 34.9 Å². The van der Waals surface area contributed by atoms with Gasteiger partial charge in [-0.05, 0) is 73.6 Å². The number of benzene rings is 2. The summed E-state index contributed by atoms with van der Waals surface area (Å²) in [6, 6.07) is 13.3. The lowest BCUT2D eigenvalue weighted by molar-refractivity contribution is -0.154. The molecule has 7 heteroatoms. The minimum absolute atomic E-state index is 0.0581. The summed E-state index contributed by atoms with van der Waals surface area (Å²) in [5.41, 5.74) is 8.79. The van der Waals surface area contributed by atoms with Crippen LogP contribution in [0.3, 0.4) is 0 Å². The number of aromatic hydroxyl groups is 1. The Morgan fingerprint density at radius 1 is 1.06 bits per heavy atom. The minimum atomic E-state index is -0.614. The molecule has 0 spiro atoms. The van der Waals surface area contributed by atoms with Crippen LogP contribution in [0.15, 0.2) is 42.5 Å². The molecule has 0 radical (unpaired) electrons. The number of hydrogen-bond acceptors (Lipinski definition) is 5. The lowest BCUT2D eigenvalue weighted by Gasteiger charge is -2.33. The molecule has 2 aromatic carbocycles. The topological polar surface area (TPSA) is 85.0 Å². The average molecular weight is 487 g/mol. The number of esters is 1. The van der Waals surface area contributed by atoms with Crippen LogP contribution < -0.4 is 10.5 Å². The number of ether oxygens (including phenoxy) is 2. The third kappa shape index (κ3) is 7.62. The van der Waals surface area contributed by atoms with E-state index in [2.05, 4.69) is 45.0 Å². The molecule has 0 saturated heterocycles. The number of nitrogens with two attached hydrogens (primary N) is 1. The van der Waals surface area contributed by atoms with Crippen molar-refractivity contribution < 1.29 is 19.4 Å². The van der Waals surface area contributed by atoms with Gasteiger partial charge >= 0.3 is 5.97 Å². The first kappa shape index (κ1) is 27.4. The van der Waals surface area contributed by atoms with Crippen LogP contribution in [0.25, 0.3) is 0 Å². The lowest BCUT2D eigenvalue weighted by atomic mass is 9.86. The number of carbonyl (C=O) groups excluding carboxylic acids is 1. The SMILES string of the molecule is COc1cc(CN(C(N)=S)C(COC(=O)C(C)(C)C)Cc2ccc(C(C)(C)C)cc2)ccc1O. The first-order valence-corrected chi connectivity index (χ1v) is 11.8. The molecule has 0 fully saturated rings. The predicted octanol–water partition coefficient (Wildman–Crippen LogP) is 4.94. The molecule has 6 nitrogen and oxygen atoms in total. The molecule has 0 aliphatic heterocycles. The van der Waals surface area contributed by atoms with Crippen LogP contribution in [0.5, 0.6) is 11.5 Å². The van der Waals surface area contributed by atoms with E-state index in [0.717, 1.165) is 11.1 Å². The second kappa shape index (κ2) is 11.1. The monoisotopic (exact) mass is 486 g/mol. The van der Waals surface area contributed by atoms with Gasteiger partial charge in [-0.2, -0.15) is 0 Å². The molecule has 2 aromatic rings. The molecule has 0 heterocycles. The Labute approximate surface area is 209 Å². The molecule has 0 saturated carbocycles. The summed E-state index contributed by atoms with van der Waals surface area (Å²) < 4.78 is 10.9. The van der Waals surface area contributed by atoms with E-state index < -0.39 is 5.41 Å². The zero-order valence-corrected chi connectivity index (χ0v) is 22.2. The smallest absolute Gasteiger partial charge is 0.311 e. The Morgan fingerprint density at radius 2 is 1.65 bits per heavy atom. The first-order chi connectivity index (χ1) is 15.7. The maximum Gasteiger partial charge on any atom is 0.311 e. The number of hydrogen-bond donors (Lipinski definition) is 2. The minimum Gasteiger partial charge on any atom is -0.504 e. The summed E-state index contributed by atoms with van der Waals surface area (Å²) in [5.74, 6) is 0.145. The summed E-state index contributed by atoms with van der Waals surface area (Å²) >= 11 is 5.40. The number of methoxy groups -OCH3 is 1. The van der Waals surface area contributed by atoms with E-state index in [1.165, 1.54) is 12.7 Å². The van der Waals surface area contributed by atoms with Crippen LogP contribution in [-0.2, 0) is 27.9 Å². The average Bonchev–Trinajstić information content (AvgIpc) is 2.74. The van der Waals surface area contributed by atoms with Crippen molar-refractivity contribution >= 4 is 23.3 Å². The van der Waals surface area contributed by atoms with Crippen molar-refractivity contribution in [2.45, 2.75) is 66.0 Å². The summed E-state index contributed by atoms with van der Waals surface area (Å²) in [5, 5.41) is 10.1. The van der Waals surface area contributed by atoms with Crippen molar-refractivity contribution in [1.82, 2.24) is 4.90 Å². The zero-order valence-electron chi connectivity index (χ0n) is 21.3. The highest BCUT2D eigenvalue weighted by Gasteiger charge is 2.27. The number of carbonyl (C=O) groups is 1. The highest BCUT2D eigenvalue weighted by molar-refractivity contribution is 7.80. The van der Waals surface area contributed by atoms with Crippen molar-refractivity contribution in [1.29, 1.82) is 0 Å². The first-order valence-electron chi connectivity index (χ1n) is 11.4. The van der Waals surface area contributed by atoms with Crippen molar-refractivity contribution in [3.63, 3.8) is 0 Å². The number of thiocarbonyl (C=S) groups is 1. The summed E-state index contributed by atoms with van der Waals surface area (Å²) in [4.78, 5) is 14.4. The van der Waals surface area contributed by atoms with E-state index in [4.69, 9.17) is 27.4 Å². The van der Waals surface area contributed by atoms with Crippen molar-refractivity contribution in [3.8, 4) is 11.5 Å². The molecule has 186 valence electrons. The molecule has 34 heavy (non-hydrogen) atoms. The van der Waals surface area contributed by atoms with E-state index in [1.807, 2.05) is 25.7 Å². The Hall–Kier alpha value is -2.80. The van der Waals surface area contributed by atoms with E-state index >= 15 is 0 Å². The van der Waals surface area contributed by atoms with Gasteiger partial charge in [0.05, 0.1) is 18.6 Å². The molecule has 0 aromatic heterocycles. The van der Waals surface area contributed by atoms with E-state index in [0.29, 0.717) is 18.7 Å². The van der Waals surface area contributed by atoms with Crippen LogP contribution in [0.4, 0.5) is 0 Å². The molecule has 2 rings (SSSR count).